The van der Waals surface area contributed by atoms with Crippen molar-refractivity contribution in [3.8, 4) is 0 Å². The third-order valence-corrected chi connectivity index (χ3v) is 4.41. The number of benzene rings is 2. The van der Waals surface area contributed by atoms with Gasteiger partial charge in [0, 0.05) is 12.6 Å². The van der Waals surface area contributed by atoms with Gasteiger partial charge < -0.3 is 5.32 Å². The van der Waals surface area contributed by atoms with Crippen LogP contribution in [0.25, 0.3) is 0 Å². The van der Waals surface area contributed by atoms with Crippen LogP contribution in [0.1, 0.15) is 35.6 Å². The number of rotatable bonds is 6. The predicted octanol–water partition coefficient (Wildman–Crippen LogP) is 3.45. The summed E-state index contributed by atoms with van der Waals surface area (Å²) in [5.41, 5.74) is 3.56. The molecule has 2 aromatic rings. The second-order valence-electron chi connectivity index (χ2n) is 6.44. The fraction of sp³-hybridized carbons (Fsp3) is 0.350. The van der Waals surface area contributed by atoms with Crippen LogP contribution in [0.5, 0.6) is 0 Å². The molecule has 2 aromatic carbocycles. The molecule has 0 spiro atoms. The molecule has 1 aliphatic rings. The van der Waals surface area contributed by atoms with Crippen LogP contribution in [0, 0.1) is 6.92 Å². The van der Waals surface area contributed by atoms with Crippen molar-refractivity contribution in [1.29, 1.82) is 0 Å². The van der Waals surface area contributed by atoms with Crippen LogP contribution in [0.4, 0.5) is 0 Å². The van der Waals surface area contributed by atoms with E-state index in [1.54, 1.807) is 0 Å². The van der Waals surface area contributed by atoms with Gasteiger partial charge in [-0.2, -0.15) is 0 Å². The average molecular weight is 308 g/mol. The van der Waals surface area contributed by atoms with Crippen LogP contribution in [0.2, 0.25) is 0 Å². The van der Waals surface area contributed by atoms with Crippen molar-refractivity contribution in [2.75, 3.05) is 7.05 Å². The first kappa shape index (κ1) is 15.8. The van der Waals surface area contributed by atoms with Gasteiger partial charge in [-0.1, -0.05) is 54.6 Å². The summed E-state index contributed by atoms with van der Waals surface area (Å²) in [6.45, 7) is 2.87. The zero-order valence-electron chi connectivity index (χ0n) is 13.8. The maximum atomic E-state index is 12.8. The lowest BCUT2D eigenvalue weighted by Crippen LogP contribution is -2.39. The summed E-state index contributed by atoms with van der Waals surface area (Å²) in [5, 5.41) is 3.15. The quantitative estimate of drug-likeness (QED) is 0.886. The Bertz CT molecular complexity index is 664. The number of nitrogens with zero attached hydrogens (tertiary/aromatic N) is 1. The molecule has 1 aliphatic carbocycles. The summed E-state index contributed by atoms with van der Waals surface area (Å²) in [5.74, 6) is 0.106. The third kappa shape index (κ3) is 3.99. The first-order valence-electron chi connectivity index (χ1n) is 8.25. The topological polar surface area (TPSA) is 32.3 Å². The lowest BCUT2D eigenvalue weighted by molar-refractivity contribution is -0.126. The standard InChI is InChI=1S/C20H24N2O/c1-15-8-6-7-11-17(15)14-22(2)19(16-9-4-3-5-10-16)20(23)21-18-12-13-18/h3-11,18-19H,12-14H2,1-2H3,(H,21,23). The molecule has 1 unspecified atom stereocenters. The van der Waals surface area contributed by atoms with Crippen LogP contribution in [0.15, 0.2) is 54.6 Å². The Morgan fingerprint density at radius 2 is 1.78 bits per heavy atom. The van der Waals surface area contributed by atoms with Crippen LogP contribution in [-0.4, -0.2) is 23.9 Å². The number of aryl methyl sites for hydroxylation is 1. The Kier molecular flexibility index (Phi) is 4.77. The molecule has 1 fully saturated rings. The molecule has 120 valence electrons. The molecular weight excluding hydrogens is 284 g/mol. The van der Waals surface area contributed by atoms with E-state index < -0.39 is 0 Å². The number of carbonyl (C=O) groups excluding carboxylic acids is 1. The molecular formula is C20H24N2O. The largest absolute Gasteiger partial charge is 0.352 e. The number of carbonyl (C=O) groups is 1. The SMILES string of the molecule is Cc1ccccc1CN(C)C(C(=O)NC1CC1)c1ccccc1. The van der Waals surface area contributed by atoms with Gasteiger partial charge in [-0.05, 0) is 43.5 Å². The molecule has 3 nitrogen and oxygen atoms in total. The fourth-order valence-electron chi connectivity index (χ4n) is 2.90. The highest BCUT2D eigenvalue weighted by Crippen LogP contribution is 2.25. The van der Waals surface area contributed by atoms with E-state index in [4.69, 9.17) is 0 Å². The van der Waals surface area contributed by atoms with Crippen molar-refractivity contribution in [1.82, 2.24) is 10.2 Å². The minimum Gasteiger partial charge on any atom is -0.352 e. The number of hydrogen-bond acceptors (Lipinski definition) is 2. The minimum atomic E-state index is -0.253. The van der Waals surface area contributed by atoms with Gasteiger partial charge in [-0.25, -0.2) is 0 Å². The molecule has 1 saturated carbocycles. The summed E-state index contributed by atoms with van der Waals surface area (Å²) in [6, 6.07) is 18.5. The van der Waals surface area contributed by atoms with E-state index in [1.807, 2.05) is 43.4 Å². The van der Waals surface area contributed by atoms with Gasteiger partial charge in [0.05, 0.1) is 0 Å². The van der Waals surface area contributed by atoms with Gasteiger partial charge in [0.15, 0.2) is 0 Å². The Balaban J connectivity index is 1.81. The van der Waals surface area contributed by atoms with E-state index in [0.717, 1.165) is 24.9 Å². The summed E-state index contributed by atoms with van der Waals surface area (Å²) >= 11 is 0. The predicted molar refractivity (Wildman–Crippen MR) is 93.0 cm³/mol. The average Bonchev–Trinajstić information content (AvgIpc) is 3.35. The highest BCUT2D eigenvalue weighted by atomic mass is 16.2. The Labute approximate surface area is 138 Å². The second-order valence-corrected chi connectivity index (χ2v) is 6.44. The van der Waals surface area contributed by atoms with Crippen molar-refractivity contribution in [3.05, 3.63) is 71.3 Å². The molecule has 0 bridgehead atoms. The maximum absolute atomic E-state index is 12.8. The van der Waals surface area contributed by atoms with Gasteiger partial charge in [-0.15, -0.1) is 0 Å². The Morgan fingerprint density at radius 1 is 1.13 bits per heavy atom. The Hall–Kier alpha value is -2.13. The highest BCUT2D eigenvalue weighted by molar-refractivity contribution is 5.83. The summed E-state index contributed by atoms with van der Waals surface area (Å²) in [6.07, 6.45) is 2.21. The maximum Gasteiger partial charge on any atom is 0.242 e. The smallest absolute Gasteiger partial charge is 0.242 e. The molecule has 3 heteroatoms. The molecule has 3 rings (SSSR count). The lowest BCUT2D eigenvalue weighted by atomic mass is 10.0. The van der Waals surface area contributed by atoms with E-state index in [2.05, 4.69) is 35.3 Å². The number of amides is 1. The summed E-state index contributed by atoms with van der Waals surface area (Å²) in [7, 11) is 2.02. The lowest BCUT2D eigenvalue weighted by Gasteiger charge is -2.28. The molecule has 23 heavy (non-hydrogen) atoms. The molecule has 0 aliphatic heterocycles. The van der Waals surface area contributed by atoms with Crippen molar-refractivity contribution < 1.29 is 4.79 Å². The van der Waals surface area contributed by atoms with Gasteiger partial charge in [0.2, 0.25) is 5.91 Å². The van der Waals surface area contributed by atoms with Gasteiger partial charge in [0.1, 0.15) is 6.04 Å². The first-order valence-corrected chi connectivity index (χ1v) is 8.25. The molecule has 1 N–H and O–H groups in total. The normalized spacial score (nSPS) is 15.4. The molecule has 1 atom stereocenters. The van der Waals surface area contributed by atoms with Gasteiger partial charge >= 0.3 is 0 Å². The van der Waals surface area contributed by atoms with Crippen molar-refractivity contribution in [2.45, 2.75) is 38.4 Å². The molecule has 0 heterocycles. The van der Waals surface area contributed by atoms with Crippen LogP contribution in [0.3, 0.4) is 0 Å². The first-order chi connectivity index (χ1) is 11.1. The number of hydrogen-bond donors (Lipinski definition) is 1. The van der Waals surface area contributed by atoms with E-state index in [9.17, 15) is 4.79 Å². The van der Waals surface area contributed by atoms with Crippen molar-refractivity contribution in [2.24, 2.45) is 0 Å². The molecule has 0 aromatic heterocycles. The zero-order chi connectivity index (χ0) is 16.2. The van der Waals surface area contributed by atoms with Gasteiger partial charge in [0.25, 0.3) is 0 Å². The number of nitrogens with one attached hydrogen (secondary N) is 1. The summed E-state index contributed by atoms with van der Waals surface area (Å²) in [4.78, 5) is 14.9. The molecule has 0 saturated heterocycles. The van der Waals surface area contributed by atoms with Crippen LogP contribution >= 0.6 is 0 Å². The van der Waals surface area contributed by atoms with E-state index >= 15 is 0 Å². The Morgan fingerprint density at radius 3 is 2.43 bits per heavy atom. The van der Waals surface area contributed by atoms with E-state index in [0.29, 0.717) is 6.04 Å². The highest BCUT2D eigenvalue weighted by Gasteiger charge is 2.30. The fourth-order valence-corrected chi connectivity index (χ4v) is 2.90. The number of likely N-dealkylation sites (N-methyl/N-ethyl adjacent to an activating group) is 1. The zero-order valence-corrected chi connectivity index (χ0v) is 13.8. The van der Waals surface area contributed by atoms with E-state index in [1.165, 1.54) is 11.1 Å². The van der Waals surface area contributed by atoms with Crippen molar-refractivity contribution >= 4 is 5.91 Å². The monoisotopic (exact) mass is 308 g/mol. The van der Waals surface area contributed by atoms with Crippen LogP contribution < -0.4 is 5.32 Å². The van der Waals surface area contributed by atoms with Crippen molar-refractivity contribution in [3.63, 3.8) is 0 Å². The van der Waals surface area contributed by atoms with E-state index in [-0.39, 0.29) is 11.9 Å². The van der Waals surface area contributed by atoms with Crippen LogP contribution in [-0.2, 0) is 11.3 Å². The minimum absolute atomic E-state index is 0.106. The second kappa shape index (κ2) is 6.97. The summed E-state index contributed by atoms with van der Waals surface area (Å²) < 4.78 is 0. The molecule has 1 amide bonds. The molecule has 0 radical (unpaired) electrons. The van der Waals surface area contributed by atoms with Gasteiger partial charge in [-0.3, -0.25) is 9.69 Å². The third-order valence-electron chi connectivity index (χ3n) is 4.41.